The number of hydrogen-bond acceptors (Lipinski definition) is 3. The minimum atomic E-state index is -0.787. The Labute approximate surface area is 96.7 Å². The first-order valence-electron chi connectivity index (χ1n) is 5.96. The van der Waals surface area contributed by atoms with Crippen molar-refractivity contribution in [3.63, 3.8) is 0 Å². The Balaban J connectivity index is 2.35. The summed E-state index contributed by atoms with van der Waals surface area (Å²) in [4.78, 5) is 4.08. The number of hydrogen-bond donors (Lipinski definition) is 2. The molecule has 1 aromatic rings. The van der Waals surface area contributed by atoms with E-state index < -0.39 is 5.60 Å². The molecule has 3 heteroatoms. The van der Waals surface area contributed by atoms with E-state index in [1.165, 1.54) is 0 Å². The number of aliphatic hydroxyl groups is 1. The number of nitrogen functional groups attached to an aromatic ring is 1. The average molecular weight is 220 g/mol. The highest BCUT2D eigenvalue weighted by molar-refractivity contribution is 5.48. The summed E-state index contributed by atoms with van der Waals surface area (Å²) < 4.78 is 0. The molecule has 1 aliphatic rings. The predicted octanol–water partition coefficient (Wildman–Crippen LogP) is 2.31. The monoisotopic (exact) mass is 220 g/mol. The van der Waals surface area contributed by atoms with E-state index in [-0.39, 0.29) is 5.92 Å². The van der Waals surface area contributed by atoms with Gasteiger partial charge in [-0.2, -0.15) is 0 Å². The third-order valence-corrected chi connectivity index (χ3v) is 3.91. The molecule has 0 aliphatic heterocycles. The average Bonchev–Trinajstić information content (AvgIpc) is 2.25. The summed E-state index contributed by atoms with van der Waals surface area (Å²) in [6, 6.07) is 1.76. The molecule has 3 nitrogen and oxygen atoms in total. The molecule has 0 saturated heterocycles. The second-order valence-electron chi connectivity index (χ2n) is 5.17. The number of anilines is 1. The maximum absolute atomic E-state index is 10.8. The van der Waals surface area contributed by atoms with Crippen LogP contribution in [0.3, 0.4) is 0 Å². The van der Waals surface area contributed by atoms with Crippen LogP contribution >= 0.6 is 0 Å². The van der Waals surface area contributed by atoms with Crippen molar-refractivity contribution >= 4 is 5.69 Å². The minimum Gasteiger partial charge on any atom is -0.398 e. The van der Waals surface area contributed by atoms with E-state index in [0.717, 1.165) is 24.8 Å². The Morgan fingerprint density at radius 1 is 1.50 bits per heavy atom. The molecule has 0 amide bonds. The van der Waals surface area contributed by atoms with Gasteiger partial charge in [0, 0.05) is 23.6 Å². The zero-order valence-electron chi connectivity index (χ0n) is 9.98. The highest BCUT2D eigenvalue weighted by atomic mass is 16.3. The van der Waals surface area contributed by atoms with Gasteiger partial charge >= 0.3 is 0 Å². The standard InChI is InChI=1S/C13H20N2O/c1-9-3-5-13(16,10(2)7-9)11-8-15-6-4-12(11)14/h4,6,8-10,16H,3,5,7H2,1-2H3,(H2,14,15). The van der Waals surface area contributed by atoms with Gasteiger partial charge in [-0.15, -0.1) is 0 Å². The van der Waals surface area contributed by atoms with Crippen LogP contribution in [0.4, 0.5) is 5.69 Å². The molecule has 0 spiro atoms. The smallest absolute Gasteiger partial charge is 0.0956 e. The summed E-state index contributed by atoms with van der Waals surface area (Å²) in [6.45, 7) is 4.34. The maximum Gasteiger partial charge on any atom is 0.0956 e. The SMILES string of the molecule is CC1CCC(O)(c2cnccc2N)C(C)C1. The lowest BCUT2D eigenvalue weighted by Crippen LogP contribution is -2.39. The van der Waals surface area contributed by atoms with Gasteiger partial charge in [-0.05, 0) is 37.2 Å². The molecule has 1 heterocycles. The summed E-state index contributed by atoms with van der Waals surface area (Å²) in [5, 5.41) is 10.8. The number of rotatable bonds is 1. The summed E-state index contributed by atoms with van der Waals surface area (Å²) in [5.41, 5.74) is 6.60. The van der Waals surface area contributed by atoms with Gasteiger partial charge < -0.3 is 10.8 Å². The Hall–Kier alpha value is -1.09. The molecule has 1 saturated carbocycles. The fraction of sp³-hybridized carbons (Fsp3) is 0.615. The summed E-state index contributed by atoms with van der Waals surface area (Å²) in [7, 11) is 0. The molecule has 88 valence electrons. The molecule has 1 aromatic heterocycles. The molecule has 1 fully saturated rings. The molecule has 0 bridgehead atoms. The molecule has 0 aromatic carbocycles. The van der Waals surface area contributed by atoms with Gasteiger partial charge in [-0.3, -0.25) is 4.98 Å². The van der Waals surface area contributed by atoms with Gasteiger partial charge in [0.25, 0.3) is 0 Å². The zero-order chi connectivity index (χ0) is 11.8. The topological polar surface area (TPSA) is 59.1 Å². The summed E-state index contributed by atoms with van der Waals surface area (Å²) in [5.74, 6) is 0.927. The van der Waals surface area contributed by atoms with Crippen molar-refractivity contribution < 1.29 is 5.11 Å². The van der Waals surface area contributed by atoms with Crippen LogP contribution in [0.5, 0.6) is 0 Å². The van der Waals surface area contributed by atoms with Gasteiger partial charge in [0.05, 0.1) is 5.60 Å². The van der Waals surface area contributed by atoms with Crippen LogP contribution in [0.15, 0.2) is 18.5 Å². The predicted molar refractivity (Wildman–Crippen MR) is 64.7 cm³/mol. The molecule has 3 atom stereocenters. The van der Waals surface area contributed by atoms with Crippen LogP contribution in [0.1, 0.15) is 38.7 Å². The minimum absolute atomic E-state index is 0.239. The highest BCUT2D eigenvalue weighted by Gasteiger charge is 2.41. The van der Waals surface area contributed by atoms with Crippen molar-refractivity contribution in [1.82, 2.24) is 4.98 Å². The van der Waals surface area contributed by atoms with Gasteiger partial charge in [0.15, 0.2) is 0 Å². The van der Waals surface area contributed by atoms with Crippen molar-refractivity contribution in [3.8, 4) is 0 Å². The van der Waals surface area contributed by atoms with E-state index in [1.54, 1.807) is 18.5 Å². The lowest BCUT2D eigenvalue weighted by molar-refractivity contribution is -0.0584. The Kier molecular flexibility index (Phi) is 2.89. The van der Waals surface area contributed by atoms with Gasteiger partial charge in [-0.1, -0.05) is 13.8 Å². The molecule has 3 unspecified atom stereocenters. The fourth-order valence-electron chi connectivity index (χ4n) is 2.80. The van der Waals surface area contributed by atoms with E-state index in [0.29, 0.717) is 11.6 Å². The Morgan fingerprint density at radius 3 is 2.88 bits per heavy atom. The van der Waals surface area contributed by atoms with Crippen molar-refractivity contribution in [2.24, 2.45) is 11.8 Å². The van der Waals surface area contributed by atoms with Crippen LogP contribution in [-0.2, 0) is 5.60 Å². The maximum atomic E-state index is 10.8. The van der Waals surface area contributed by atoms with Gasteiger partial charge in [-0.25, -0.2) is 0 Å². The van der Waals surface area contributed by atoms with Crippen molar-refractivity contribution in [2.45, 2.75) is 38.7 Å². The first-order valence-corrected chi connectivity index (χ1v) is 5.96. The van der Waals surface area contributed by atoms with Crippen LogP contribution in [-0.4, -0.2) is 10.1 Å². The van der Waals surface area contributed by atoms with Crippen molar-refractivity contribution in [1.29, 1.82) is 0 Å². The van der Waals surface area contributed by atoms with Crippen LogP contribution in [0.2, 0.25) is 0 Å². The van der Waals surface area contributed by atoms with Crippen LogP contribution < -0.4 is 5.73 Å². The lowest BCUT2D eigenvalue weighted by Gasteiger charge is -2.41. The number of aromatic nitrogens is 1. The number of nitrogens with zero attached hydrogens (tertiary/aromatic N) is 1. The normalized spacial score (nSPS) is 34.9. The Bertz CT molecular complexity index is 380. The largest absolute Gasteiger partial charge is 0.398 e. The van der Waals surface area contributed by atoms with E-state index in [2.05, 4.69) is 18.8 Å². The van der Waals surface area contributed by atoms with E-state index >= 15 is 0 Å². The number of pyridine rings is 1. The van der Waals surface area contributed by atoms with Crippen LogP contribution in [0.25, 0.3) is 0 Å². The summed E-state index contributed by atoms with van der Waals surface area (Å²) >= 11 is 0. The zero-order valence-corrected chi connectivity index (χ0v) is 9.98. The molecule has 3 N–H and O–H groups in total. The van der Waals surface area contributed by atoms with E-state index in [1.807, 2.05) is 0 Å². The molecular weight excluding hydrogens is 200 g/mol. The molecule has 1 aliphatic carbocycles. The second-order valence-corrected chi connectivity index (χ2v) is 5.17. The number of nitrogens with two attached hydrogens (primary N) is 1. The first-order chi connectivity index (χ1) is 7.54. The fourth-order valence-corrected chi connectivity index (χ4v) is 2.80. The lowest BCUT2D eigenvalue weighted by atomic mass is 9.69. The molecular formula is C13H20N2O. The van der Waals surface area contributed by atoms with Gasteiger partial charge in [0.1, 0.15) is 0 Å². The third-order valence-electron chi connectivity index (χ3n) is 3.91. The quantitative estimate of drug-likeness (QED) is 0.763. The van der Waals surface area contributed by atoms with Crippen molar-refractivity contribution in [3.05, 3.63) is 24.0 Å². The molecule has 0 radical (unpaired) electrons. The van der Waals surface area contributed by atoms with Crippen molar-refractivity contribution in [2.75, 3.05) is 5.73 Å². The summed E-state index contributed by atoms with van der Waals surface area (Å²) in [6.07, 6.45) is 6.26. The Morgan fingerprint density at radius 2 is 2.25 bits per heavy atom. The molecule has 2 rings (SSSR count). The van der Waals surface area contributed by atoms with Gasteiger partial charge in [0.2, 0.25) is 0 Å². The highest BCUT2D eigenvalue weighted by Crippen LogP contribution is 2.44. The molecule has 16 heavy (non-hydrogen) atoms. The third kappa shape index (κ3) is 1.80. The second kappa shape index (κ2) is 4.06. The van der Waals surface area contributed by atoms with E-state index in [9.17, 15) is 5.11 Å². The van der Waals surface area contributed by atoms with Crippen LogP contribution in [0, 0.1) is 11.8 Å². The first kappa shape index (κ1) is 11.4. The van der Waals surface area contributed by atoms with E-state index in [4.69, 9.17) is 5.73 Å².